The van der Waals surface area contributed by atoms with Gasteiger partial charge in [0.2, 0.25) is 0 Å². The fourth-order valence-corrected chi connectivity index (χ4v) is 1.95. The second-order valence-electron chi connectivity index (χ2n) is 4.31. The minimum atomic E-state index is -0.899. The lowest BCUT2D eigenvalue weighted by Crippen LogP contribution is -2.43. The van der Waals surface area contributed by atoms with Crippen molar-refractivity contribution in [2.45, 2.75) is 12.5 Å². The quantitative estimate of drug-likeness (QED) is 0.766. The molecule has 2 heterocycles. The van der Waals surface area contributed by atoms with Crippen LogP contribution in [-0.4, -0.2) is 60.2 Å². The zero-order chi connectivity index (χ0) is 14.5. The number of methoxy groups -OCH3 is 1. The molecule has 1 aromatic heterocycles. The minimum absolute atomic E-state index is 0.0514. The summed E-state index contributed by atoms with van der Waals surface area (Å²) in [6.45, 7) is 1.46. The highest BCUT2D eigenvalue weighted by Crippen LogP contribution is 2.16. The summed E-state index contributed by atoms with van der Waals surface area (Å²) in [4.78, 5) is 23.8. The van der Waals surface area contributed by atoms with Gasteiger partial charge in [0.25, 0.3) is 0 Å². The van der Waals surface area contributed by atoms with Crippen molar-refractivity contribution in [3.63, 3.8) is 0 Å². The molecule has 0 radical (unpaired) electrons. The van der Waals surface area contributed by atoms with Gasteiger partial charge < -0.3 is 19.5 Å². The van der Waals surface area contributed by atoms with Gasteiger partial charge in [0.15, 0.2) is 11.5 Å². The number of aliphatic carboxylic acids is 1. The highest BCUT2D eigenvalue weighted by Gasteiger charge is 2.24. The van der Waals surface area contributed by atoms with Crippen LogP contribution in [0.3, 0.4) is 0 Å². The molecule has 1 unspecified atom stereocenters. The van der Waals surface area contributed by atoms with E-state index in [-0.39, 0.29) is 18.2 Å². The van der Waals surface area contributed by atoms with E-state index >= 15 is 0 Å². The summed E-state index contributed by atoms with van der Waals surface area (Å²) in [5, 5.41) is 16.5. The number of morpholine rings is 1. The zero-order valence-corrected chi connectivity index (χ0v) is 11.0. The molecule has 0 spiro atoms. The first-order valence-electron chi connectivity index (χ1n) is 6.10. The standard InChI is InChI=1S/C12H15N3O5/c1-19-12(18)9-2-3-10(14-13-9)15-4-5-20-8(7-15)6-11(16)17/h2-3,8H,4-7H2,1H3,(H,16,17). The molecule has 0 bridgehead atoms. The SMILES string of the molecule is COC(=O)c1ccc(N2CCOC(CC(=O)O)C2)nn1. The molecule has 8 heteroatoms. The van der Waals surface area contributed by atoms with Gasteiger partial charge in [-0.1, -0.05) is 0 Å². The van der Waals surface area contributed by atoms with Crippen molar-refractivity contribution >= 4 is 17.8 Å². The number of rotatable bonds is 4. The Bertz CT molecular complexity index is 490. The molecule has 0 aromatic carbocycles. The van der Waals surface area contributed by atoms with Crippen LogP contribution in [0.25, 0.3) is 0 Å². The normalized spacial score (nSPS) is 18.6. The maximum Gasteiger partial charge on any atom is 0.358 e. The van der Waals surface area contributed by atoms with Crippen LogP contribution >= 0.6 is 0 Å². The summed E-state index contributed by atoms with van der Waals surface area (Å²) in [5.74, 6) is -0.866. The summed E-state index contributed by atoms with van der Waals surface area (Å²) < 4.78 is 9.92. The molecule has 8 nitrogen and oxygen atoms in total. The van der Waals surface area contributed by atoms with E-state index in [1.807, 2.05) is 4.90 Å². The Morgan fingerprint density at radius 1 is 1.50 bits per heavy atom. The van der Waals surface area contributed by atoms with E-state index in [0.717, 1.165) is 0 Å². The molecular weight excluding hydrogens is 266 g/mol. The van der Waals surface area contributed by atoms with Crippen molar-refractivity contribution in [2.75, 3.05) is 31.7 Å². The number of carbonyl (C=O) groups is 2. The van der Waals surface area contributed by atoms with E-state index in [1.165, 1.54) is 13.2 Å². The van der Waals surface area contributed by atoms with Gasteiger partial charge in [0.05, 0.1) is 26.2 Å². The van der Waals surface area contributed by atoms with Gasteiger partial charge in [-0.2, -0.15) is 0 Å². The molecule has 1 aliphatic heterocycles. The average molecular weight is 281 g/mol. The van der Waals surface area contributed by atoms with Crippen molar-refractivity contribution in [1.82, 2.24) is 10.2 Å². The van der Waals surface area contributed by atoms with Gasteiger partial charge in [0, 0.05) is 13.1 Å². The molecule has 0 saturated carbocycles. The first kappa shape index (κ1) is 14.2. The number of hydrogen-bond donors (Lipinski definition) is 1. The van der Waals surface area contributed by atoms with E-state index < -0.39 is 11.9 Å². The van der Waals surface area contributed by atoms with E-state index in [1.54, 1.807) is 6.07 Å². The lowest BCUT2D eigenvalue weighted by atomic mass is 10.2. The van der Waals surface area contributed by atoms with Gasteiger partial charge in [-0.05, 0) is 12.1 Å². The monoisotopic (exact) mass is 281 g/mol. The Morgan fingerprint density at radius 2 is 2.30 bits per heavy atom. The lowest BCUT2D eigenvalue weighted by molar-refractivity contribution is -0.140. The Morgan fingerprint density at radius 3 is 2.90 bits per heavy atom. The van der Waals surface area contributed by atoms with E-state index in [9.17, 15) is 9.59 Å². The fourth-order valence-electron chi connectivity index (χ4n) is 1.95. The summed E-state index contributed by atoms with van der Waals surface area (Å²) >= 11 is 0. The number of carbonyl (C=O) groups excluding carboxylic acids is 1. The third-order valence-electron chi connectivity index (χ3n) is 2.91. The minimum Gasteiger partial charge on any atom is -0.481 e. The predicted molar refractivity (Wildman–Crippen MR) is 67.6 cm³/mol. The van der Waals surface area contributed by atoms with Gasteiger partial charge in [0.1, 0.15) is 0 Å². The second kappa shape index (κ2) is 6.29. The number of anilines is 1. The highest BCUT2D eigenvalue weighted by molar-refractivity contribution is 5.86. The lowest BCUT2D eigenvalue weighted by Gasteiger charge is -2.32. The number of carboxylic acid groups (broad SMARTS) is 1. The fraction of sp³-hybridized carbons (Fsp3) is 0.500. The van der Waals surface area contributed by atoms with Crippen LogP contribution in [0.4, 0.5) is 5.82 Å². The first-order valence-corrected chi connectivity index (χ1v) is 6.10. The second-order valence-corrected chi connectivity index (χ2v) is 4.31. The van der Waals surface area contributed by atoms with Crippen molar-refractivity contribution in [1.29, 1.82) is 0 Å². The molecular formula is C12H15N3O5. The number of carboxylic acids is 1. The topological polar surface area (TPSA) is 102 Å². The number of esters is 1. The largest absolute Gasteiger partial charge is 0.481 e. The average Bonchev–Trinajstić information content (AvgIpc) is 2.46. The van der Waals surface area contributed by atoms with E-state index in [0.29, 0.717) is 25.5 Å². The molecule has 0 aliphatic carbocycles. The Kier molecular flexibility index (Phi) is 4.46. The molecule has 1 atom stereocenters. The van der Waals surface area contributed by atoms with E-state index in [4.69, 9.17) is 9.84 Å². The third-order valence-corrected chi connectivity index (χ3v) is 2.91. The van der Waals surface area contributed by atoms with Crippen LogP contribution in [0.15, 0.2) is 12.1 Å². The van der Waals surface area contributed by atoms with Crippen molar-refractivity contribution in [2.24, 2.45) is 0 Å². The molecule has 1 N–H and O–H groups in total. The number of nitrogens with zero attached hydrogens (tertiary/aromatic N) is 3. The van der Waals surface area contributed by atoms with Gasteiger partial charge in [-0.25, -0.2) is 4.79 Å². The first-order chi connectivity index (χ1) is 9.60. The third kappa shape index (κ3) is 3.41. The van der Waals surface area contributed by atoms with Crippen LogP contribution in [0.1, 0.15) is 16.9 Å². The van der Waals surface area contributed by atoms with Crippen molar-refractivity contribution in [3.05, 3.63) is 17.8 Å². The van der Waals surface area contributed by atoms with Crippen LogP contribution in [0, 0.1) is 0 Å². The molecule has 20 heavy (non-hydrogen) atoms. The predicted octanol–water partition coefficient (Wildman–Crippen LogP) is -0.0569. The molecule has 1 aromatic rings. The molecule has 0 amide bonds. The Balaban J connectivity index is 2.03. The Hall–Kier alpha value is -2.22. The van der Waals surface area contributed by atoms with Gasteiger partial charge >= 0.3 is 11.9 Å². The molecule has 1 fully saturated rings. The summed E-state index contributed by atoms with van der Waals surface area (Å²) in [7, 11) is 1.27. The number of aromatic nitrogens is 2. The maximum atomic E-state index is 11.3. The van der Waals surface area contributed by atoms with Crippen LogP contribution < -0.4 is 4.90 Å². The van der Waals surface area contributed by atoms with E-state index in [2.05, 4.69) is 14.9 Å². The summed E-state index contributed by atoms with van der Waals surface area (Å²) in [6, 6.07) is 3.18. The summed E-state index contributed by atoms with van der Waals surface area (Å²) in [6.07, 6.45) is -0.423. The molecule has 108 valence electrons. The maximum absolute atomic E-state index is 11.3. The number of hydrogen-bond acceptors (Lipinski definition) is 7. The van der Waals surface area contributed by atoms with Crippen LogP contribution in [0.5, 0.6) is 0 Å². The van der Waals surface area contributed by atoms with Crippen LogP contribution in [-0.2, 0) is 14.3 Å². The van der Waals surface area contributed by atoms with Crippen LogP contribution in [0.2, 0.25) is 0 Å². The number of ether oxygens (including phenoxy) is 2. The Labute approximate surface area is 115 Å². The zero-order valence-electron chi connectivity index (χ0n) is 11.0. The molecule has 1 aliphatic rings. The van der Waals surface area contributed by atoms with Gasteiger partial charge in [-0.15, -0.1) is 10.2 Å². The van der Waals surface area contributed by atoms with Crippen molar-refractivity contribution in [3.8, 4) is 0 Å². The molecule has 1 saturated heterocycles. The van der Waals surface area contributed by atoms with Gasteiger partial charge in [-0.3, -0.25) is 4.79 Å². The highest BCUT2D eigenvalue weighted by atomic mass is 16.5. The smallest absolute Gasteiger partial charge is 0.358 e. The summed E-state index contributed by atoms with van der Waals surface area (Å²) in [5.41, 5.74) is 0.131. The van der Waals surface area contributed by atoms with Crippen molar-refractivity contribution < 1.29 is 24.2 Å². The molecule has 2 rings (SSSR count).